The summed E-state index contributed by atoms with van der Waals surface area (Å²) >= 11 is 1.04. The lowest BCUT2D eigenvalue weighted by Gasteiger charge is -1.89. The van der Waals surface area contributed by atoms with Crippen molar-refractivity contribution in [2.45, 2.75) is 0 Å². The summed E-state index contributed by atoms with van der Waals surface area (Å²) in [6.07, 6.45) is 0. The van der Waals surface area contributed by atoms with Gasteiger partial charge >= 0.3 is 4.87 Å². The van der Waals surface area contributed by atoms with Crippen molar-refractivity contribution in [3.05, 3.63) is 27.9 Å². The lowest BCUT2D eigenvalue weighted by Crippen LogP contribution is -1.89. The maximum atomic E-state index is 10.8. The van der Waals surface area contributed by atoms with E-state index in [0.29, 0.717) is 10.2 Å². The third kappa shape index (κ3) is 0.914. The second-order valence-corrected chi connectivity index (χ2v) is 3.06. The second-order valence-electron chi connectivity index (χ2n) is 2.08. The summed E-state index contributed by atoms with van der Waals surface area (Å²) in [5.74, 6) is 0.0945. The summed E-state index contributed by atoms with van der Waals surface area (Å²) in [6, 6.07) is 5.92. The highest BCUT2D eigenvalue weighted by molar-refractivity contribution is 7.16. The Kier molecular flexibility index (Phi) is 1.22. The maximum absolute atomic E-state index is 10.8. The minimum atomic E-state index is -0.169. The van der Waals surface area contributed by atoms with Crippen LogP contribution in [0.15, 0.2) is 16.9 Å². The highest BCUT2D eigenvalue weighted by atomic mass is 32.1. The number of aromatic hydroxyl groups is 1. The molecule has 0 amide bonds. The number of aromatic nitrogens is 1. The molecule has 3 nitrogen and oxygen atoms in total. The van der Waals surface area contributed by atoms with Gasteiger partial charge in [0.15, 0.2) is 0 Å². The second kappa shape index (κ2) is 2.10. The molecule has 0 saturated carbocycles. The molecule has 0 fully saturated rings. The van der Waals surface area contributed by atoms with Crippen molar-refractivity contribution in [3.8, 4) is 5.75 Å². The van der Waals surface area contributed by atoms with E-state index in [1.807, 2.05) is 0 Å². The van der Waals surface area contributed by atoms with Crippen molar-refractivity contribution in [2.24, 2.45) is 0 Å². The van der Waals surface area contributed by atoms with Crippen LogP contribution in [0.3, 0.4) is 0 Å². The van der Waals surface area contributed by atoms with E-state index < -0.39 is 0 Å². The van der Waals surface area contributed by atoms with Crippen LogP contribution in [0.5, 0.6) is 5.75 Å². The van der Waals surface area contributed by atoms with Crippen LogP contribution >= 0.6 is 11.3 Å². The molecule has 2 N–H and O–H groups in total. The standard InChI is InChI=1S/C7H4NO2S/c9-4-2-1-3-5-6(4)8-7(10)11-5/h1-2,9H,(H,8,10). The van der Waals surface area contributed by atoms with Crippen molar-refractivity contribution in [3.63, 3.8) is 0 Å². The summed E-state index contributed by atoms with van der Waals surface area (Å²) in [4.78, 5) is 13.1. The first-order valence-electron chi connectivity index (χ1n) is 3.00. The predicted octanol–water partition coefficient (Wildman–Crippen LogP) is 1.10. The zero-order valence-corrected chi connectivity index (χ0v) is 6.23. The van der Waals surface area contributed by atoms with Gasteiger partial charge in [-0.1, -0.05) is 11.3 Å². The SMILES string of the molecule is O=c1[nH]c2c(O)cc[c]c2s1. The van der Waals surface area contributed by atoms with Gasteiger partial charge in [0.05, 0.1) is 4.70 Å². The van der Waals surface area contributed by atoms with Gasteiger partial charge in [0.2, 0.25) is 0 Å². The molecule has 0 unspecified atom stereocenters. The Labute approximate surface area is 65.9 Å². The molecular formula is C7H4NO2S. The van der Waals surface area contributed by atoms with Crippen molar-refractivity contribution < 1.29 is 5.11 Å². The van der Waals surface area contributed by atoms with Crippen molar-refractivity contribution in [1.82, 2.24) is 4.98 Å². The molecular weight excluding hydrogens is 162 g/mol. The third-order valence-corrected chi connectivity index (χ3v) is 2.17. The van der Waals surface area contributed by atoms with E-state index in [4.69, 9.17) is 0 Å². The molecule has 1 heterocycles. The Balaban J connectivity index is 3.01. The number of H-pyrrole nitrogens is 1. The van der Waals surface area contributed by atoms with Crippen molar-refractivity contribution in [1.29, 1.82) is 0 Å². The largest absolute Gasteiger partial charge is 0.506 e. The quantitative estimate of drug-likeness (QED) is 0.615. The number of rotatable bonds is 0. The summed E-state index contributed by atoms with van der Waals surface area (Å²) in [6.45, 7) is 0. The number of hydrogen-bond donors (Lipinski definition) is 2. The monoisotopic (exact) mass is 166 g/mol. The number of phenols is 1. The van der Waals surface area contributed by atoms with Crippen LogP contribution in [0.2, 0.25) is 0 Å². The summed E-state index contributed by atoms with van der Waals surface area (Å²) in [7, 11) is 0. The van der Waals surface area contributed by atoms with E-state index in [0.717, 1.165) is 11.3 Å². The fourth-order valence-corrected chi connectivity index (χ4v) is 1.61. The number of thiazole rings is 1. The number of hydrogen-bond acceptors (Lipinski definition) is 3. The Bertz CT molecular complexity index is 443. The Hall–Kier alpha value is -1.29. The molecule has 0 aliphatic carbocycles. The van der Waals surface area contributed by atoms with Crippen LogP contribution in [-0.4, -0.2) is 10.1 Å². The topological polar surface area (TPSA) is 53.1 Å². The van der Waals surface area contributed by atoms with Crippen LogP contribution in [-0.2, 0) is 0 Å². The van der Waals surface area contributed by atoms with E-state index in [-0.39, 0.29) is 10.6 Å². The Morgan fingerprint density at radius 3 is 3.18 bits per heavy atom. The molecule has 0 aliphatic rings. The first kappa shape index (κ1) is 6.42. The van der Waals surface area contributed by atoms with E-state index in [1.54, 1.807) is 6.07 Å². The molecule has 1 aromatic heterocycles. The number of nitrogens with one attached hydrogen (secondary N) is 1. The fourth-order valence-electron chi connectivity index (χ4n) is 0.890. The van der Waals surface area contributed by atoms with Crippen molar-refractivity contribution in [2.75, 3.05) is 0 Å². The third-order valence-electron chi connectivity index (χ3n) is 1.36. The minimum Gasteiger partial charge on any atom is -0.506 e. The van der Waals surface area contributed by atoms with Crippen LogP contribution in [0.4, 0.5) is 0 Å². The summed E-state index contributed by atoms with van der Waals surface area (Å²) < 4.78 is 0.662. The van der Waals surface area contributed by atoms with Crippen LogP contribution < -0.4 is 4.87 Å². The first-order chi connectivity index (χ1) is 5.27. The predicted molar refractivity (Wildman–Crippen MR) is 42.9 cm³/mol. The highest BCUT2D eigenvalue weighted by Gasteiger charge is 2.01. The van der Waals surface area contributed by atoms with Gasteiger partial charge in [-0.3, -0.25) is 4.79 Å². The average molecular weight is 166 g/mol. The lowest BCUT2D eigenvalue weighted by atomic mass is 10.3. The van der Waals surface area contributed by atoms with E-state index in [1.165, 1.54) is 6.07 Å². The van der Waals surface area contributed by atoms with Crippen LogP contribution in [0.25, 0.3) is 10.2 Å². The molecule has 4 heteroatoms. The molecule has 0 bridgehead atoms. The number of benzene rings is 1. The van der Waals surface area contributed by atoms with Gasteiger partial charge < -0.3 is 10.1 Å². The summed E-state index contributed by atoms with van der Waals surface area (Å²) in [5, 5.41) is 9.20. The van der Waals surface area contributed by atoms with Gasteiger partial charge in [-0.25, -0.2) is 0 Å². The van der Waals surface area contributed by atoms with E-state index in [2.05, 4.69) is 11.1 Å². The van der Waals surface area contributed by atoms with Gasteiger partial charge in [0.1, 0.15) is 11.3 Å². The molecule has 55 valence electrons. The normalized spacial score (nSPS) is 10.5. The Morgan fingerprint density at radius 2 is 2.45 bits per heavy atom. The van der Waals surface area contributed by atoms with Crippen LogP contribution in [0, 0.1) is 6.07 Å². The van der Waals surface area contributed by atoms with Crippen molar-refractivity contribution >= 4 is 21.6 Å². The number of fused-ring (bicyclic) bond motifs is 1. The molecule has 1 radical (unpaired) electrons. The lowest BCUT2D eigenvalue weighted by molar-refractivity contribution is 0.480. The van der Waals surface area contributed by atoms with E-state index in [9.17, 15) is 9.90 Å². The highest BCUT2D eigenvalue weighted by Crippen LogP contribution is 2.22. The molecule has 0 aliphatic heterocycles. The minimum absolute atomic E-state index is 0.0945. The molecule has 0 spiro atoms. The Morgan fingerprint density at radius 1 is 1.64 bits per heavy atom. The molecule has 0 atom stereocenters. The van der Waals surface area contributed by atoms with E-state index >= 15 is 0 Å². The van der Waals surface area contributed by atoms with Gasteiger partial charge in [-0.2, -0.15) is 0 Å². The first-order valence-corrected chi connectivity index (χ1v) is 3.81. The van der Waals surface area contributed by atoms with Gasteiger partial charge in [0.25, 0.3) is 0 Å². The molecule has 2 rings (SSSR count). The molecule has 0 saturated heterocycles. The molecule has 1 aromatic carbocycles. The molecule has 11 heavy (non-hydrogen) atoms. The number of aromatic amines is 1. The fraction of sp³-hybridized carbons (Fsp3) is 0. The number of phenolic OH excluding ortho intramolecular Hbond substituents is 1. The van der Waals surface area contributed by atoms with Gasteiger partial charge in [-0.05, 0) is 12.1 Å². The smallest absolute Gasteiger partial charge is 0.305 e. The molecule has 2 aromatic rings. The zero-order valence-electron chi connectivity index (χ0n) is 5.42. The van der Waals surface area contributed by atoms with Gasteiger partial charge in [0, 0.05) is 6.07 Å². The van der Waals surface area contributed by atoms with Crippen LogP contribution in [0.1, 0.15) is 0 Å². The van der Waals surface area contributed by atoms with Gasteiger partial charge in [-0.15, -0.1) is 0 Å². The summed E-state index contributed by atoms with van der Waals surface area (Å²) in [5.41, 5.74) is 0.475. The average Bonchev–Trinajstić information content (AvgIpc) is 2.31. The zero-order chi connectivity index (χ0) is 7.84. The maximum Gasteiger partial charge on any atom is 0.305 e.